The quantitative estimate of drug-likeness (QED) is 0.794. The summed E-state index contributed by atoms with van der Waals surface area (Å²) >= 11 is 12.2. The number of fused-ring (bicyclic) bond motifs is 1. The van der Waals surface area contributed by atoms with Gasteiger partial charge in [0.15, 0.2) is 0 Å². The molecule has 2 aromatic rings. The average molecular weight is 359 g/mol. The summed E-state index contributed by atoms with van der Waals surface area (Å²) < 4.78 is 5.34. The molecule has 0 radical (unpaired) electrons. The Hall–Kier alpha value is -0.930. The van der Waals surface area contributed by atoms with Gasteiger partial charge < -0.3 is 10.1 Å². The van der Waals surface area contributed by atoms with Crippen LogP contribution in [0.4, 0.5) is 0 Å². The maximum Gasteiger partial charge on any atom is 0.119 e. The molecule has 5 heteroatoms. The third kappa shape index (κ3) is 3.21. The first-order chi connectivity index (χ1) is 10.1. The molecule has 22 heavy (non-hydrogen) atoms. The molecule has 1 aliphatic rings. The summed E-state index contributed by atoms with van der Waals surface area (Å²) in [5.74, 6) is 1.16. The van der Waals surface area contributed by atoms with E-state index in [0.29, 0.717) is 16.1 Å². The first-order valence-electron chi connectivity index (χ1n) is 6.96. The number of halogens is 3. The van der Waals surface area contributed by atoms with Crippen molar-refractivity contribution in [2.75, 3.05) is 13.7 Å². The summed E-state index contributed by atoms with van der Waals surface area (Å²) in [4.78, 5) is 0. The minimum Gasteiger partial charge on any atom is -0.497 e. The highest BCUT2D eigenvalue weighted by molar-refractivity contribution is 6.42. The van der Waals surface area contributed by atoms with Gasteiger partial charge in [0, 0.05) is 18.5 Å². The maximum atomic E-state index is 6.16. The van der Waals surface area contributed by atoms with Crippen LogP contribution in [0.5, 0.6) is 5.75 Å². The number of methoxy groups -OCH3 is 1. The Labute approximate surface area is 147 Å². The van der Waals surface area contributed by atoms with Crippen LogP contribution in [0.15, 0.2) is 36.4 Å². The summed E-state index contributed by atoms with van der Waals surface area (Å²) in [6.07, 6.45) is 0. The monoisotopic (exact) mass is 357 g/mol. The standard InChI is InChI=1S/C17H17Cl2NO.ClH/c1-10-14-8-12(21-2)4-5-13(14)15(9-20-10)11-3-6-16(18)17(19)7-11;/h3-8,10,15,20H,9H2,1-2H3;1H. The van der Waals surface area contributed by atoms with Gasteiger partial charge in [-0.2, -0.15) is 0 Å². The van der Waals surface area contributed by atoms with Crippen molar-refractivity contribution in [3.8, 4) is 5.75 Å². The Kier molecular flexibility index (Phi) is 5.62. The predicted molar refractivity (Wildman–Crippen MR) is 95.0 cm³/mol. The average Bonchev–Trinajstić information content (AvgIpc) is 2.50. The summed E-state index contributed by atoms with van der Waals surface area (Å²) in [5, 5.41) is 4.73. The Morgan fingerprint density at radius 3 is 2.50 bits per heavy atom. The molecule has 0 amide bonds. The van der Waals surface area contributed by atoms with Gasteiger partial charge in [-0.05, 0) is 47.9 Å². The molecule has 2 aromatic carbocycles. The van der Waals surface area contributed by atoms with Crippen LogP contribution in [0.1, 0.15) is 35.6 Å². The van der Waals surface area contributed by atoms with Crippen molar-refractivity contribution in [2.45, 2.75) is 18.9 Å². The first kappa shape index (κ1) is 17.4. The van der Waals surface area contributed by atoms with Crippen LogP contribution >= 0.6 is 35.6 Å². The zero-order chi connectivity index (χ0) is 15.0. The molecular weight excluding hydrogens is 341 g/mol. The molecule has 0 aliphatic carbocycles. The number of ether oxygens (including phenoxy) is 1. The predicted octanol–water partition coefficient (Wildman–Crippen LogP) is 5.22. The number of hydrogen-bond acceptors (Lipinski definition) is 2. The van der Waals surface area contributed by atoms with Crippen molar-refractivity contribution in [1.82, 2.24) is 5.32 Å². The van der Waals surface area contributed by atoms with Crippen molar-refractivity contribution in [3.63, 3.8) is 0 Å². The van der Waals surface area contributed by atoms with Crippen molar-refractivity contribution in [3.05, 3.63) is 63.1 Å². The Morgan fingerprint density at radius 2 is 1.82 bits per heavy atom. The Bertz CT molecular complexity index is 675. The van der Waals surface area contributed by atoms with Gasteiger partial charge in [0.2, 0.25) is 0 Å². The van der Waals surface area contributed by atoms with Gasteiger partial charge in [-0.1, -0.05) is 35.3 Å². The third-order valence-electron chi connectivity index (χ3n) is 4.11. The van der Waals surface area contributed by atoms with Gasteiger partial charge in [-0.15, -0.1) is 12.4 Å². The lowest BCUT2D eigenvalue weighted by Crippen LogP contribution is -2.32. The normalized spacial score (nSPS) is 20.0. The second-order valence-corrected chi connectivity index (χ2v) is 6.17. The van der Waals surface area contributed by atoms with E-state index < -0.39 is 0 Å². The van der Waals surface area contributed by atoms with E-state index in [9.17, 15) is 0 Å². The Balaban J connectivity index is 0.00000176. The van der Waals surface area contributed by atoms with Crippen LogP contribution in [0, 0.1) is 0 Å². The van der Waals surface area contributed by atoms with E-state index in [0.717, 1.165) is 12.3 Å². The van der Waals surface area contributed by atoms with Gasteiger partial charge >= 0.3 is 0 Å². The summed E-state index contributed by atoms with van der Waals surface area (Å²) in [7, 11) is 1.69. The van der Waals surface area contributed by atoms with E-state index in [4.69, 9.17) is 27.9 Å². The maximum absolute atomic E-state index is 6.16. The van der Waals surface area contributed by atoms with Gasteiger partial charge in [0.1, 0.15) is 5.75 Å². The van der Waals surface area contributed by atoms with Crippen LogP contribution < -0.4 is 10.1 Å². The van der Waals surface area contributed by atoms with Crippen LogP contribution in [0.25, 0.3) is 0 Å². The highest BCUT2D eigenvalue weighted by Crippen LogP contribution is 2.37. The molecular formula is C17H18Cl3NO. The van der Waals surface area contributed by atoms with Crippen LogP contribution in [0.2, 0.25) is 10.0 Å². The minimum atomic E-state index is 0. The molecule has 118 valence electrons. The molecule has 1 N–H and O–H groups in total. The SMILES string of the molecule is COc1ccc2c(c1)C(C)NCC2c1ccc(Cl)c(Cl)c1.Cl. The molecule has 0 bridgehead atoms. The molecule has 0 saturated heterocycles. The lowest BCUT2D eigenvalue weighted by molar-refractivity contribution is 0.411. The smallest absolute Gasteiger partial charge is 0.119 e. The van der Waals surface area contributed by atoms with E-state index in [-0.39, 0.29) is 18.3 Å². The lowest BCUT2D eigenvalue weighted by Gasteiger charge is -2.31. The van der Waals surface area contributed by atoms with E-state index in [1.165, 1.54) is 16.7 Å². The Morgan fingerprint density at radius 1 is 1.05 bits per heavy atom. The van der Waals surface area contributed by atoms with E-state index in [1.54, 1.807) is 7.11 Å². The van der Waals surface area contributed by atoms with Gasteiger partial charge in [-0.3, -0.25) is 0 Å². The molecule has 1 heterocycles. The van der Waals surface area contributed by atoms with Crippen molar-refractivity contribution in [2.24, 2.45) is 0 Å². The van der Waals surface area contributed by atoms with Crippen molar-refractivity contribution < 1.29 is 4.74 Å². The lowest BCUT2D eigenvalue weighted by atomic mass is 9.83. The molecule has 2 atom stereocenters. The zero-order valence-corrected chi connectivity index (χ0v) is 14.7. The van der Waals surface area contributed by atoms with Crippen LogP contribution in [0.3, 0.4) is 0 Å². The fourth-order valence-electron chi connectivity index (χ4n) is 2.91. The van der Waals surface area contributed by atoms with Gasteiger partial charge in [-0.25, -0.2) is 0 Å². The molecule has 2 unspecified atom stereocenters. The van der Waals surface area contributed by atoms with Crippen molar-refractivity contribution in [1.29, 1.82) is 0 Å². The number of hydrogen-bond donors (Lipinski definition) is 1. The molecule has 3 rings (SSSR count). The highest BCUT2D eigenvalue weighted by atomic mass is 35.5. The number of rotatable bonds is 2. The van der Waals surface area contributed by atoms with E-state index >= 15 is 0 Å². The fourth-order valence-corrected chi connectivity index (χ4v) is 3.22. The third-order valence-corrected chi connectivity index (χ3v) is 4.85. The molecule has 0 saturated carbocycles. The molecule has 1 aliphatic heterocycles. The number of nitrogens with one attached hydrogen (secondary N) is 1. The summed E-state index contributed by atoms with van der Waals surface area (Å²) in [6.45, 7) is 3.06. The summed E-state index contributed by atoms with van der Waals surface area (Å²) in [6, 6.07) is 12.5. The molecule has 0 aromatic heterocycles. The highest BCUT2D eigenvalue weighted by Gasteiger charge is 2.26. The largest absolute Gasteiger partial charge is 0.497 e. The number of benzene rings is 2. The van der Waals surface area contributed by atoms with Gasteiger partial charge in [0.05, 0.1) is 17.2 Å². The van der Waals surface area contributed by atoms with Gasteiger partial charge in [0.25, 0.3) is 0 Å². The second-order valence-electron chi connectivity index (χ2n) is 5.35. The van der Waals surface area contributed by atoms with Crippen LogP contribution in [-0.2, 0) is 0 Å². The fraction of sp³-hybridized carbons (Fsp3) is 0.294. The summed E-state index contributed by atoms with van der Waals surface area (Å²) in [5.41, 5.74) is 3.77. The topological polar surface area (TPSA) is 21.3 Å². The first-order valence-corrected chi connectivity index (χ1v) is 7.72. The minimum absolute atomic E-state index is 0. The van der Waals surface area contributed by atoms with Crippen LogP contribution in [-0.4, -0.2) is 13.7 Å². The molecule has 0 spiro atoms. The molecule has 2 nitrogen and oxygen atoms in total. The second kappa shape index (κ2) is 7.10. The zero-order valence-electron chi connectivity index (χ0n) is 12.4. The van der Waals surface area contributed by atoms with E-state index in [2.05, 4.69) is 24.4 Å². The molecule has 0 fully saturated rings. The van der Waals surface area contributed by atoms with Crippen molar-refractivity contribution >= 4 is 35.6 Å². The van der Waals surface area contributed by atoms with E-state index in [1.807, 2.05) is 24.3 Å².